The van der Waals surface area contributed by atoms with Gasteiger partial charge < -0.3 is 10.4 Å². The van der Waals surface area contributed by atoms with Crippen LogP contribution in [0.5, 0.6) is 0 Å². The summed E-state index contributed by atoms with van der Waals surface area (Å²) >= 11 is 0. The number of hydrogen-bond donors (Lipinski definition) is 2. The molecule has 1 rings (SSSR count). The highest BCUT2D eigenvalue weighted by Crippen LogP contribution is 2.44. The second-order valence-corrected chi connectivity index (χ2v) is 2.52. The number of nitrogens with one attached hydrogen (secondary N) is 1. The van der Waals surface area contributed by atoms with Gasteiger partial charge in [-0.15, -0.1) is 0 Å². The lowest BCUT2D eigenvalue weighted by molar-refractivity contribution is -0.127. The molecule has 1 saturated carbocycles. The molecule has 52 valence electrons. The summed E-state index contributed by atoms with van der Waals surface area (Å²) in [6.07, 6.45) is 1.67. The first-order valence-corrected chi connectivity index (χ1v) is 3.08. The number of carbonyl (C=O) groups excluding carboxylic acids is 1. The highest BCUT2D eigenvalue weighted by molar-refractivity contribution is 5.85. The molecule has 0 saturated heterocycles. The van der Waals surface area contributed by atoms with E-state index in [0.29, 0.717) is 0 Å². The van der Waals surface area contributed by atoms with Crippen molar-refractivity contribution in [2.75, 3.05) is 13.7 Å². The molecule has 0 spiro atoms. The molecule has 0 aromatic heterocycles. The first-order chi connectivity index (χ1) is 4.25. The number of carbonyl (C=O) groups is 1. The van der Waals surface area contributed by atoms with E-state index < -0.39 is 5.41 Å². The van der Waals surface area contributed by atoms with Crippen LogP contribution in [-0.2, 0) is 4.79 Å². The fraction of sp³-hybridized carbons (Fsp3) is 0.833. The second kappa shape index (κ2) is 1.99. The van der Waals surface area contributed by atoms with Crippen LogP contribution in [0.4, 0.5) is 0 Å². The van der Waals surface area contributed by atoms with E-state index in [2.05, 4.69) is 5.32 Å². The van der Waals surface area contributed by atoms with Gasteiger partial charge >= 0.3 is 0 Å². The molecule has 1 aliphatic rings. The Morgan fingerprint density at radius 2 is 2.33 bits per heavy atom. The van der Waals surface area contributed by atoms with E-state index in [4.69, 9.17) is 5.11 Å². The number of aliphatic hydroxyl groups is 1. The minimum Gasteiger partial charge on any atom is -0.395 e. The van der Waals surface area contributed by atoms with Gasteiger partial charge in [0.05, 0.1) is 12.0 Å². The summed E-state index contributed by atoms with van der Waals surface area (Å²) in [7, 11) is 1.60. The van der Waals surface area contributed by atoms with E-state index in [1.54, 1.807) is 7.05 Å². The molecule has 0 unspecified atom stereocenters. The summed E-state index contributed by atoms with van der Waals surface area (Å²) in [5, 5.41) is 11.2. The van der Waals surface area contributed by atoms with Gasteiger partial charge in [0.1, 0.15) is 0 Å². The third-order valence-corrected chi connectivity index (χ3v) is 1.86. The predicted octanol–water partition coefficient (Wildman–Crippen LogP) is -0.495. The van der Waals surface area contributed by atoms with Crippen LogP contribution in [-0.4, -0.2) is 24.7 Å². The predicted molar refractivity (Wildman–Crippen MR) is 32.8 cm³/mol. The second-order valence-electron chi connectivity index (χ2n) is 2.52. The van der Waals surface area contributed by atoms with Gasteiger partial charge in [0.25, 0.3) is 0 Å². The molecule has 0 heterocycles. The summed E-state index contributed by atoms with van der Waals surface area (Å²) in [5.74, 6) is -0.0231. The summed E-state index contributed by atoms with van der Waals surface area (Å²) in [6.45, 7) is -0.00727. The van der Waals surface area contributed by atoms with Gasteiger partial charge in [-0.3, -0.25) is 4.79 Å². The zero-order valence-corrected chi connectivity index (χ0v) is 5.48. The van der Waals surface area contributed by atoms with Crippen LogP contribution < -0.4 is 5.32 Å². The highest BCUT2D eigenvalue weighted by atomic mass is 16.3. The summed E-state index contributed by atoms with van der Waals surface area (Å²) in [4.78, 5) is 10.9. The monoisotopic (exact) mass is 129 g/mol. The molecule has 1 fully saturated rings. The highest BCUT2D eigenvalue weighted by Gasteiger charge is 2.48. The van der Waals surface area contributed by atoms with Crippen LogP contribution >= 0.6 is 0 Å². The minimum absolute atomic E-state index is 0.00727. The van der Waals surface area contributed by atoms with Gasteiger partial charge in [-0.2, -0.15) is 0 Å². The summed E-state index contributed by atoms with van der Waals surface area (Å²) < 4.78 is 0. The van der Waals surface area contributed by atoms with Crippen LogP contribution in [0.25, 0.3) is 0 Å². The Balaban J connectivity index is 2.49. The molecule has 0 aromatic carbocycles. The maximum Gasteiger partial charge on any atom is 0.228 e. The van der Waals surface area contributed by atoms with Crippen molar-refractivity contribution in [1.82, 2.24) is 5.32 Å². The lowest BCUT2D eigenvalue weighted by atomic mass is 10.1. The Labute approximate surface area is 54.1 Å². The zero-order valence-electron chi connectivity index (χ0n) is 5.48. The molecule has 1 amide bonds. The van der Waals surface area contributed by atoms with E-state index in [1.165, 1.54) is 0 Å². The number of amides is 1. The fourth-order valence-corrected chi connectivity index (χ4v) is 0.873. The van der Waals surface area contributed by atoms with Gasteiger partial charge in [-0.05, 0) is 12.8 Å². The lowest BCUT2D eigenvalue weighted by Gasteiger charge is -2.07. The molecule has 2 N–H and O–H groups in total. The van der Waals surface area contributed by atoms with Crippen LogP contribution in [0.3, 0.4) is 0 Å². The van der Waals surface area contributed by atoms with Crippen molar-refractivity contribution in [1.29, 1.82) is 0 Å². The lowest BCUT2D eigenvalue weighted by Crippen LogP contribution is -2.31. The van der Waals surface area contributed by atoms with Gasteiger partial charge in [0.15, 0.2) is 0 Å². The Hall–Kier alpha value is -0.570. The van der Waals surface area contributed by atoms with Crippen LogP contribution in [0.15, 0.2) is 0 Å². The SMILES string of the molecule is CNC(=O)C1(CO)CC1. The third-order valence-electron chi connectivity index (χ3n) is 1.86. The topological polar surface area (TPSA) is 49.3 Å². The molecule has 3 heteroatoms. The number of aliphatic hydroxyl groups excluding tert-OH is 1. The quantitative estimate of drug-likeness (QED) is 0.528. The average molecular weight is 129 g/mol. The Morgan fingerprint density at radius 1 is 1.78 bits per heavy atom. The molecule has 3 nitrogen and oxygen atoms in total. The van der Waals surface area contributed by atoms with Crippen molar-refractivity contribution in [3.05, 3.63) is 0 Å². The zero-order chi connectivity index (χ0) is 6.91. The Bertz CT molecular complexity index is 129. The van der Waals surface area contributed by atoms with E-state index in [1.807, 2.05) is 0 Å². The summed E-state index contributed by atoms with van der Waals surface area (Å²) in [5.41, 5.74) is -0.394. The molecular formula is C6H11NO2. The van der Waals surface area contributed by atoms with Crippen LogP contribution in [0, 0.1) is 5.41 Å². The molecule has 1 aliphatic carbocycles. The molecule has 0 aromatic rings. The van der Waals surface area contributed by atoms with E-state index >= 15 is 0 Å². The van der Waals surface area contributed by atoms with Crippen molar-refractivity contribution >= 4 is 5.91 Å². The van der Waals surface area contributed by atoms with E-state index in [9.17, 15) is 4.79 Å². The number of rotatable bonds is 2. The normalized spacial score (nSPS) is 21.1. The maximum atomic E-state index is 10.9. The molecule has 9 heavy (non-hydrogen) atoms. The Morgan fingerprint density at radius 3 is 2.44 bits per heavy atom. The minimum atomic E-state index is -0.394. The first kappa shape index (κ1) is 6.55. The largest absolute Gasteiger partial charge is 0.395 e. The van der Waals surface area contributed by atoms with Gasteiger partial charge in [-0.1, -0.05) is 0 Å². The summed E-state index contributed by atoms with van der Waals surface area (Å²) in [6, 6.07) is 0. The molecule has 0 atom stereocenters. The Kier molecular flexibility index (Phi) is 1.45. The number of hydrogen-bond acceptors (Lipinski definition) is 2. The van der Waals surface area contributed by atoms with Crippen LogP contribution in [0.1, 0.15) is 12.8 Å². The van der Waals surface area contributed by atoms with Crippen molar-refractivity contribution in [3.63, 3.8) is 0 Å². The fourth-order valence-electron chi connectivity index (χ4n) is 0.873. The van der Waals surface area contributed by atoms with Crippen LogP contribution in [0.2, 0.25) is 0 Å². The molecule has 0 aliphatic heterocycles. The molecular weight excluding hydrogens is 118 g/mol. The van der Waals surface area contributed by atoms with E-state index in [0.717, 1.165) is 12.8 Å². The van der Waals surface area contributed by atoms with Crippen molar-refractivity contribution in [2.45, 2.75) is 12.8 Å². The average Bonchev–Trinajstić information content (AvgIpc) is 2.66. The molecule has 0 bridgehead atoms. The van der Waals surface area contributed by atoms with Gasteiger partial charge in [-0.25, -0.2) is 0 Å². The smallest absolute Gasteiger partial charge is 0.228 e. The van der Waals surface area contributed by atoms with Gasteiger partial charge in [0.2, 0.25) is 5.91 Å². The van der Waals surface area contributed by atoms with Crippen molar-refractivity contribution < 1.29 is 9.90 Å². The van der Waals surface area contributed by atoms with E-state index in [-0.39, 0.29) is 12.5 Å². The standard InChI is InChI=1S/C6H11NO2/c1-7-5(9)6(4-8)2-3-6/h8H,2-4H2,1H3,(H,7,9). The maximum absolute atomic E-state index is 10.9. The molecule has 0 radical (unpaired) electrons. The third kappa shape index (κ3) is 0.920. The van der Waals surface area contributed by atoms with Gasteiger partial charge in [0, 0.05) is 7.05 Å². The first-order valence-electron chi connectivity index (χ1n) is 3.08. The van der Waals surface area contributed by atoms with Crippen molar-refractivity contribution in [2.24, 2.45) is 5.41 Å². The van der Waals surface area contributed by atoms with Crippen molar-refractivity contribution in [3.8, 4) is 0 Å².